The second-order valence-electron chi connectivity index (χ2n) is 4.50. The Morgan fingerprint density at radius 1 is 1.39 bits per heavy atom. The highest BCUT2D eigenvalue weighted by molar-refractivity contribution is 7.99. The molecule has 1 rings (SSSR count). The molecule has 3 N–H and O–H groups in total. The molecule has 0 aliphatic rings. The van der Waals surface area contributed by atoms with Crippen LogP contribution in [0.4, 0.5) is 14.5 Å². The fourth-order valence-corrected chi connectivity index (χ4v) is 1.44. The topological polar surface area (TPSA) is 55.1 Å². The van der Waals surface area contributed by atoms with Crippen LogP contribution in [-0.2, 0) is 0 Å². The maximum Gasteiger partial charge on any atom is 0.253 e. The molecule has 0 atom stereocenters. The predicted molar refractivity (Wildman–Crippen MR) is 70.7 cm³/mol. The fourth-order valence-electron chi connectivity index (χ4n) is 1.22. The standard InChI is InChI=1S/C12H16F2N2OS/c1-12(2,18-3)6-16-11(17)7-4-8(13)9(14)5-10(7)15/h4-5H,6,15H2,1-3H3,(H,16,17). The summed E-state index contributed by atoms with van der Waals surface area (Å²) in [5, 5.41) is 2.65. The molecule has 0 aliphatic carbocycles. The van der Waals surface area contributed by atoms with Crippen molar-refractivity contribution in [2.24, 2.45) is 0 Å². The van der Waals surface area contributed by atoms with Gasteiger partial charge in [0.25, 0.3) is 5.91 Å². The highest BCUT2D eigenvalue weighted by Crippen LogP contribution is 2.21. The number of anilines is 1. The minimum Gasteiger partial charge on any atom is -0.398 e. The van der Waals surface area contributed by atoms with Gasteiger partial charge in [-0.25, -0.2) is 8.78 Å². The van der Waals surface area contributed by atoms with Crippen LogP contribution in [0, 0.1) is 11.6 Å². The molecule has 18 heavy (non-hydrogen) atoms. The molecule has 6 heteroatoms. The van der Waals surface area contributed by atoms with E-state index >= 15 is 0 Å². The van der Waals surface area contributed by atoms with E-state index in [4.69, 9.17) is 5.73 Å². The Morgan fingerprint density at radius 2 is 1.94 bits per heavy atom. The number of rotatable bonds is 4. The number of amides is 1. The Balaban J connectivity index is 2.82. The molecule has 0 aliphatic heterocycles. The third-order valence-electron chi connectivity index (χ3n) is 2.56. The summed E-state index contributed by atoms with van der Waals surface area (Å²) in [6.07, 6.45) is 1.93. The van der Waals surface area contributed by atoms with Crippen molar-refractivity contribution in [1.82, 2.24) is 5.32 Å². The Labute approximate surface area is 109 Å². The van der Waals surface area contributed by atoms with Crippen molar-refractivity contribution in [3.05, 3.63) is 29.3 Å². The molecule has 0 saturated carbocycles. The number of nitrogen functional groups attached to an aromatic ring is 1. The number of thioether (sulfide) groups is 1. The van der Waals surface area contributed by atoms with Crippen molar-refractivity contribution in [2.75, 3.05) is 18.5 Å². The first kappa shape index (κ1) is 14.8. The zero-order valence-electron chi connectivity index (χ0n) is 10.5. The van der Waals surface area contributed by atoms with E-state index in [-0.39, 0.29) is 16.0 Å². The van der Waals surface area contributed by atoms with E-state index in [9.17, 15) is 13.6 Å². The summed E-state index contributed by atoms with van der Waals surface area (Å²) in [4.78, 5) is 11.8. The van der Waals surface area contributed by atoms with Gasteiger partial charge < -0.3 is 11.1 Å². The quantitative estimate of drug-likeness (QED) is 0.829. The van der Waals surface area contributed by atoms with Gasteiger partial charge >= 0.3 is 0 Å². The lowest BCUT2D eigenvalue weighted by molar-refractivity contribution is 0.0951. The lowest BCUT2D eigenvalue weighted by Gasteiger charge is -2.22. The van der Waals surface area contributed by atoms with E-state index in [0.29, 0.717) is 6.54 Å². The van der Waals surface area contributed by atoms with Gasteiger partial charge in [-0.05, 0) is 26.2 Å². The van der Waals surface area contributed by atoms with Gasteiger partial charge in [0.1, 0.15) is 0 Å². The zero-order chi connectivity index (χ0) is 13.9. The molecule has 100 valence electrons. The maximum absolute atomic E-state index is 13.0. The maximum atomic E-state index is 13.0. The molecule has 0 bridgehead atoms. The van der Waals surface area contributed by atoms with Crippen molar-refractivity contribution in [1.29, 1.82) is 0 Å². The molecule has 1 amide bonds. The first-order chi connectivity index (χ1) is 8.26. The van der Waals surface area contributed by atoms with E-state index in [2.05, 4.69) is 5.32 Å². The van der Waals surface area contributed by atoms with E-state index < -0.39 is 17.5 Å². The third-order valence-corrected chi connectivity index (χ3v) is 3.81. The summed E-state index contributed by atoms with van der Waals surface area (Å²) < 4.78 is 25.8. The van der Waals surface area contributed by atoms with E-state index in [1.807, 2.05) is 20.1 Å². The summed E-state index contributed by atoms with van der Waals surface area (Å²) in [6, 6.07) is 1.62. The van der Waals surface area contributed by atoms with Crippen LogP contribution in [0.5, 0.6) is 0 Å². The van der Waals surface area contributed by atoms with Gasteiger partial charge in [-0.15, -0.1) is 0 Å². The molecular weight excluding hydrogens is 258 g/mol. The molecule has 0 aromatic heterocycles. The SMILES string of the molecule is CSC(C)(C)CNC(=O)c1cc(F)c(F)cc1N. The van der Waals surface area contributed by atoms with Crippen LogP contribution in [0.25, 0.3) is 0 Å². The van der Waals surface area contributed by atoms with Crippen LogP contribution >= 0.6 is 11.8 Å². The van der Waals surface area contributed by atoms with Crippen molar-refractivity contribution in [3.8, 4) is 0 Å². The smallest absolute Gasteiger partial charge is 0.253 e. The number of nitrogens with two attached hydrogens (primary N) is 1. The summed E-state index contributed by atoms with van der Waals surface area (Å²) in [5.41, 5.74) is 5.36. The Morgan fingerprint density at radius 3 is 2.50 bits per heavy atom. The molecule has 0 radical (unpaired) electrons. The molecule has 0 saturated heterocycles. The largest absolute Gasteiger partial charge is 0.398 e. The Kier molecular flexibility index (Phi) is 4.56. The minimum absolute atomic E-state index is 0.0502. The van der Waals surface area contributed by atoms with Crippen LogP contribution in [0.3, 0.4) is 0 Å². The molecule has 0 fully saturated rings. The van der Waals surface area contributed by atoms with Crippen molar-refractivity contribution < 1.29 is 13.6 Å². The third kappa shape index (κ3) is 3.60. The van der Waals surface area contributed by atoms with Gasteiger partial charge in [0, 0.05) is 23.0 Å². The number of hydrogen-bond donors (Lipinski definition) is 2. The molecule has 1 aromatic carbocycles. The van der Waals surface area contributed by atoms with Crippen LogP contribution in [0.1, 0.15) is 24.2 Å². The van der Waals surface area contributed by atoms with E-state index in [1.165, 1.54) is 0 Å². The van der Waals surface area contributed by atoms with Crippen molar-refractivity contribution in [3.63, 3.8) is 0 Å². The number of carbonyl (C=O) groups is 1. The number of nitrogens with one attached hydrogen (secondary N) is 1. The highest BCUT2D eigenvalue weighted by Gasteiger charge is 2.19. The van der Waals surface area contributed by atoms with Gasteiger partial charge in [0.05, 0.1) is 5.56 Å². The molecule has 1 aromatic rings. The van der Waals surface area contributed by atoms with Gasteiger partial charge in [-0.1, -0.05) is 0 Å². The van der Waals surface area contributed by atoms with Crippen LogP contribution < -0.4 is 11.1 Å². The van der Waals surface area contributed by atoms with Crippen LogP contribution in [0.2, 0.25) is 0 Å². The first-order valence-corrected chi connectivity index (χ1v) is 6.57. The Bertz CT molecular complexity index is 464. The minimum atomic E-state index is -1.08. The molecule has 3 nitrogen and oxygen atoms in total. The van der Waals surface area contributed by atoms with Gasteiger partial charge in [-0.3, -0.25) is 4.79 Å². The lowest BCUT2D eigenvalue weighted by atomic mass is 10.1. The molecular formula is C12H16F2N2OS. The Hall–Kier alpha value is -1.30. The van der Waals surface area contributed by atoms with Gasteiger partial charge in [0.15, 0.2) is 11.6 Å². The summed E-state index contributed by atoms with van der Waals surface area (Å²) in [7, 11) is 0. The predicted octanol–water partition coefficient (Wildman–Crippen LogP) is 2.42. The highest BCUT2D eigenvalue weighted by atomic mass is 32.2. The van der Waals surface area contributed by atoms with Crippen molar-refractivity contribution >= 4 is 23.4 Å². The second kappa shape index (κ2) is 5.56. The zero-order valence-corrected chi connectivity index (χ0v) is 11.3. The average Bonchev–Trinajstić information content (AvgIpc) is 2.31. The monoisotopic (exact) mass is 274 g/mol. The van der Waals surface area contributed by atoms with Crippen LogP contribution in [0.15, 0.2) is 12.1 Å². The normalized spacial score (nSPS) is 11.4. The summed E-state index contributed by atoms with van der Waals surface area (Å²) in [5.74, 6) is -2.65. The summed E-state index contributed by atoms with van der Waals surface area (Å²) >= 11 is 1.59. The lowest BCUT2D eigenvalue weighted by Crippen LogP contribution is -2.36. The average molecular weight is 274 g/mol. The number of carbonyl (C=O) groups excluding carboxylic acids is 1. The number of benzene rings is 1. The van der Waals surface area contributed by atoms with Crippen LogP contribution in [-0.4, -0.2) is 23.5 Å². The first-order valence-electron chi connectivity index (χ1n) is 5.34. The van der Waals surface area contributed by atoms with Gasteiger partial charge in [0.2, 0.25) is 0 Å². The van der Waals surface area contributed by atoms with Gasteiger partial charge in [-0.2, -0.15) is 11.8 Å². The summed E-state index contributed by atoms with van der Waals surface area (Å²) in [6.45, 7) is 4.34. The molecule has 0 spiro atoms. The molecule has 0 unspecified atom stereocenters. The fraction of sp³-hybridized carbons (Fsp3) is 0.417. The second-order valence-corrected chi connectivity index (χ2v) is 6.01. The molecule has 0 heterocycles. The number of halogens is 2. The van der Waals surface area contributed by atoms with E-state index in [1.54, 1.807) is 11.8 Å². The van der Waals surface area contributed by atoms with E-state index in [0.717, 1.165) is 12.1 Å². The van der Waals surface area contributed by atoms with Crippen molar-refractivity contribution in [2.45, 2.75) is 18.6 Å². The number of hydrogen-bond acceptors (Lipinski definition) is 3.